The monoisotopic (exact) mass is 375 g/mol. The molecular weight excluding hydrogens is 338 g/mol. The fraction of sp³-hybridized carbons (Fsp3) is 0.773. The van der Waals surface area contributed by atoms with Crippen LogP contribution >= 0.6 is 0 Å². The maximum Gasteiger partial charge on any atom is 0.315 e. The van der Waals surface area contributed by atoms with Crippen LogP contribution in [0.15, 0.2) is 10.5 Å². The molecule has 27 heavy (non-hydrogen) atoms. The lowest BCUT2D eigenvalue weighted by atomic mass is 9.75. The topological polar surface area (TPSA) is 57.5 Å². The highest BCUT2D eigenvalue weighted by Crippen LogP contribution is 2.41. The summed E-state index contributed by atoms with van der Waals surface area (Å²) in [6, 6.07) is 2.06. The van der Waals surface area contributed by atoms with Crippen molar-refractivity contribution in [2.45, 2.75) is 72.3 Å². The van der Waals surface area contributed by atoms with E-state index in [4.69, 9.17) is 4.42 Å². The average molecular weight is 376 g/mol. The van der Waals surface area contributed by atoms with Crippen molar-refractivity contribution in [3.63, 3.8) is 0 Å². The number of aryl methyl sites for hydroxylation is 1. The molecule has 0 saturated carbocycles. The minimum atomic E-state index is -0.0610. The number of hydrogen-bond donors (Lipinski definition) is 2. The van der Waals surface area contributed by atoms with Gasteiger partial charge in [-0.2, -0.15) is 0 Å². The molecule has 3 rings (SSSR count). The lowest BCUT2D eigenvalue weighted by Crippen LogP contribution is -2.42. The van der Waals surface area contributed by atoms with Gasteiger partial charge in [-0.25, -0.2) is 4.79 Å². The fourth-order valence-electron chi connectivity index (χ4n) is 4.67. The van der Waals surface area contributed by atoms with E-state index in [9.17, 15) is 4.79 Å². The fourth-order valence-corrected chi connectivity index (χ4v) is 4.67. The summed E-state index contributed by atoms with van der Waals surface area (Å²) in [6.45, 7) is 13.2. The average Bonchev–Trinajstić information content (AvgIpc) is 2.93. The summed E-state index contributed by atoms with van der Waals surface area (Å²) >= 11 is 0. The maximum atomic E-state index is 12.4. The Hall–Kier alpha value is -1.49. The van der Waals surface area contributed by atoms with Crippen LogP contribution in [0.2, 0.25) is 0 Å². The van der Waals surface area contributed by atoms with Crippen LogP contribution in [0.4, 0.5) is 4.79 Å². The Morgan fingerprint density at radius 3 is 2.96 bits per heavy atom. The zero-order valence-corrected chi connectivity index (χ0v) is 17.6. The molecule has 1 aliphatic carbocycles. The van der Waals surface area contributed by atoms with Crippen molar-refractivity contribution in [2.75, 3.05) is 26.2 Å². The molecule has 2 unspecified atom stereocenters. The Labute approximate surface area is 164 Å². The van der Waals surface area contributed by atoms with Crippen LogP contribution in [-0.2, 0) is 6.42 Å². The van der Waals surface area contributed by atoms with Crippen LogP contribution in [0.3, 0.4) is 0 Å². The number of nitrogens with zero attached hydrogens (tertiary/aromatic N) is 1. The van der Waals surface area contributed by atoms with Gasteiger partial charge in [-0.1, -0.05) is 20.8 Å². The van der Waals surface area contributed by atoms with E-state index in [1.165, 1.54) is 25.9 Å². The van der Waals surface area contributed by atoms with E-state index in [2.05, 4.69) is 42.4 Å². The van der Waals surface area contributed by atoms with Gasteiger partial charge in [0.15, 0.2) is 0 Å². The Morgan fingerprint density at radius 2 is 2.19 bits per heavy atom. The zero-order chi connectivity index (χ0) is 19.4. The lowest BCUT2D eigenvalue weighted by molar-refractivity contribution is 0.181. The van der Waals surface area contributed by atoms with E-state index < -0.39 is 0 Å². The van der Waals surface area contributed by atoms with Crippen LogP contribution in [-0.4, -0.2) is 37.1 Å². The first kappa shape index (κ1) is 20.2. The lowest BCUT2D eigenvalue weighted by Gasteiger charge is -2.34. The molecule has 2 aliphatic rings. The van der Waals surface area contributed by atoms with Gasteiger partial charge in [0, 0.05) is 25.1 Å². The highest BCUT2D eigenvalue weighted by Gasteiger charge is 2.35. The van der Waals surface area contributed by atoms with E-state index >= 15 is 0 Å². The first-order chi connectivity index (χ1) is 12.8. The van der Waals surface area contributed by atoms with Gasteiger partial charge in [-0.3, -0.25) is 0 Å². The summed E-state index contributed by atoms with van der Waals surface area (Å²) < 4.78 is 5.86. The number of rotatable bonds is 6. The highest BCUT2D eigenvalue weighted by atomic mass is 16.3. The summed E-state index contributed by atoms with van der Waals surface area (Å²) in [5.41, 5.74) is 1.29. The van der Waals surface area contributed by atoms with Gasteiger partial charge in [-0.15, -0.1) is 0 Å². The Balaban J connectivity index is 1.39. The van der Waals surface area contributed by atoms with Crippen LogP contribution < -0.4 is 10.6 Å². The molecule has 2 amide bonds. The molecule has 1 aromatic heterocycles. The molecule has 0 spiro atoms. The quantitative estimate of drug-likeness (QED) is 0.724. The summed E-state index contributed by atoms with van der Waals surface area (Å²) in [6.07, 6.45) is 6.76. The number of amides is 2. The van der Waals surface area contributed by atoms with Crippen molar-refractivity contribution >= 4 is 6.03 Å². The van der Waals surface area contributed by atoms with Crippen molar-refractivity contribution < 1.29 is 9.21 Å². The highest BCUT2D eigenvalue weighted by molar-refractivity contribution is 5.74. The Kier molecular flexibility index (Phi) is 6.51. The predicted octanol–water partition coefficient (Wildman–Crippen LogP) is 4.41. The molecule has 1 aliphatic heterocycles. The third kappa shape index (κ3) is 5.74. The SMILES string of the molecule is Cc1cc2c(o1)CC(C)(C)CC2NC(=O)NCCCCN1CCCC(C)C1. The van der Waals surface area contributed by atoms with Gasteiger partial charge < -0.3 is 20.0 Å². The number of carbonyl (C=O) groups excluding carboxylic acids is 1. The van der Waals surface area contributed by atoms with Crippen LogP contribution in [0, 0.1) is 18.3 Å². The molecule has 2 atom stereocenters. The maximum absolute atomic E-state index is 12.4. The number of nitrogens with one attached hydrogen (secondary N) is 2. The molecule has 0 bridgehead atoms. The van der Waals surface area contributed by atoms with Crippen LogP contribution in [0.1, 0.15) is 76.0 Å². The van der Waals surface area contributed by atoms with Crippen molar-refractivity contribution in [3.8, 4) is 0 Å². The predicted molar refractivity (Wildman–Crippen MR) is 109 cm³/mol. The molecule has 0 radical (unpaired) electrons. The van der Waals surface area contributed by atoms with E-state index in [1.807, 2.05) is 6.92 Å². The van der Waals surface area contributed by atoms with Crippen molar-refractivity contribution in [1.29, 1.82) is 0 Å². The van der Waals surface area contributed by atoms with E-state index in [-0.39, 0.29) is 17.5 Å². The van der Waals surface area contributed by atoms with E-state index in [0.717, 1.165) is 61.8 Å². The summed E-state index contributed by atoms with van der Waals surface area (Å²) in [5.74, 6) is 2.79. The van der Waals surface area contributed by atoms with Gasteiger partial charge in [0.05, 0.1) is 6.04 Å². The number of hydrogen-bond acceptors (Lipinski definition) is 3. The van der Waals surface area contributed by atoms with Gasteiger partial charge in [0.2, 0.25) is 0 Å². The Bertz CT molecular complexity index is 638. The van der Waals surface area contributed by atoms with Gasteiger partial charge in [0.25, 0.3) is 0 Å². The smallest absolute Gasteiger partial charge is 0.315 e. The molecular formula is C22H37N3O2. The zero-order valence-electron chi connectivity index (χ0n) is 17.6. The largest absolute Gasteiger partial charge is 0.466 e. The number of furan rings is 1. The third-order valence-corrected chi connectivity index (χ3v) is 5.97. The first-order valence-electron chi connectivity index (χ1n) is 10.7. The second kappa shape index (κ2) is 8.68. The summed E-state index contributed by atoms with van der Waals surface area (Å²) in [4.78, 5) is 15.0. The second-order valence-corrected chi connectivity index (χ2v) is 9.49. The molecule has 2 N–H and O–H groups in total. The molecule has 5 heteroatoms. The number of urea groups is 1. The number of likely N-dealkylation sites (tertiary alicyclic amines) is 1. The molecule has 152 valence electrons. The normalized spacial score (nSPS) is 25.0. The number of carbonyl (C=O) groups is 1. The minimum Gasteiger partial charge on any atom is -0.466 e. The van der Waals surface area contributed by atoms with Crippen LogP contribution in [0.5, 0.6) is 0 Å². The van der Waals surface area contributed by atoms with Crippen molar-refractivity contribution in [3.05, 3.63) is 23.2 Å². The molecule has 1 fully saturated rings. The Morgan fingerprint density at radius 1 is 1.37 bits per heavy atom. The summed E-state index contributed by atoms with van der Waals surface area (Å²) in [7, 11) is 0. The van der Waals surface area contributed by atoms with Crippen molar-refractivity contribution in [2.24, 2.45) is 11.3 Å². The van der Waals surface area contributed by atoms with Gasteiger partial charge in [-0.05, 0) is 69.5 Å². The standard InChI is InChI=1S/C22H37N3O2/c1-16-8-7-11-25(15-16)10-6-5-9-23-21(26)24-19-13-22(3,4)14-20-18(19)12-17(2)27-20/h12,16,19H,5-11,13-15H2,1-4H3,(H2,23,24,26). The van der Waals surface area contributed by atoms with E-state index in [0.29, 0.717) is 0 Å². The minimum absolute atomic E-state index is 0.0380. The molecule has 1 aromatic rings. The second-order valence-electron chi connectivity index (χ2n) is 9.49. The molecule has 2 heterocycles. The third-order valence-electron chi connectivity index (χ3n) is 5.97. The van der Waals surface area contributed by atoms with Gasteiger partial charge in [0.1, 0.15) is 11.5 Å². The molecule has 1 saturated heterocycles. The van der Waals surface area contributed by atoms with Crippen LogP contribution in [0.25, 0.3) is 0 Å². The number of unbranched alkanes of at least 4 members (excludes halogenated alkanes) is 1. The summed E-state index contributed by atoms with van der Waals surface area (Å²) in [5, 5.41) is 6.21. The number of piperidine rings is 1. The van der Waals surface area contributed by atoms with Gasteiger partial charge >= 0.3 is 6.03 Å². The first-order valence-corrected chi connectivity index (χ1v) is 10.7. The molecule has 0 aromatic carbocycles. The number of fused-ring (bicyclic) bond motifs is 1. The molecule has 5 nitrogen and oxygen atoms in total. The van der Waals surface area contributed by atoms with Crippen molar-refractivity contribution in [1.82, 2.24) is 15.5 Å². The van der Waals surface area contributed by atoms with E-state index in [1.54, 1.807) is 0 Å².